The largest absolute Gasteiger partial charge is 0.493 e. The SMILES string of the molecule is CCCN1C(=O)C(c2ccc(OCC(C)C)cc2)=C(N(CC)c2ccccc2)C1=O. The first-order valence-electron chi connectivity index (χ1n) is 10.6. The van der Waals surface area contributed by atoms with Gasteiger partial charge < -0.3 is 9.64 Å². The second-order valence-corrected chi connectivity index (χ2v) is 7.79. The zero-order chi connectivity index (χ0) is 21.7. The molecule has 0 spiro atoms. The molecular formula is C25H30N2O3. The Labute approximate surface area is 178 Å². The number of para-hydroxylation sites is 1. The minimum Gasteiger partial charge on any atom is -0.493 e. The van der Waals surface area contributed by atoms with Gasteiger partial charge in [0.1, 0.15) is 11.4 Å². The third kappa shape index (κ3) is 4.40. The van der Waals surface area contributed by atoms with Crippen molar-refractivity contribution in [2.24, 2.45) is 5.92 Å². The predicted molar refractivity (Wildman–Crippen MR) is 120 cm³/mol. The molecule has 0 saturated carbocycles. The number of rotatable bonds is 9. The first-order valence-corrected chi connectivity index (χ1v) is 10.6. The van der Waals surface area contributed by atoms with Crippen LogP contribution in [-0.4, -0.2) is 36.4 Å². The van der Waals surface area contributed by atoms with Crippen LogP contribution in [0.25, 0.3) is 5.57 Å². The molecule has 1 heterocycles. The van der Waals surface area contributed by atoms with Crippen LogP contribution in [0.1, 0.15) is 39.7 Å². The maximum Gasteiger partial charge on any atom is 0.278 e. The van der Waals surface area contributed by atoms with E-state index in [4.69, 9.17) is 4.74 Å². The van der Waals surface area contributed by atoms with Gasteiger partial charge in [-0.15, -0.1) is 0 Å². The molecule has 1 aliphatic rings. The van der Waals surface area contributed by atoms with Gasteiger partial charge in [0.05, 0.1) is 12.2 Å². The molecule has 0 unspecified atom stereocenters. The molecule has 0 aromatic heterocycles. The van der Waals surface area contributed by atoms with E-state index in [0.717, 1.165) is 23.4 Å². The van der Waals surface area contributed by atoms with Crippen LogP contribution in [0.3, 0.4) is 0 Å². The number of anilines is 1. The third-order valence-electron chi connectivity index (χ3n) is 4.97. The molecule has 2 aromatic carbocycles. The van der Waals surface area contributed by atoms with E-state index in [9.17, 15) is 9.59 Å². The summed E-state index contributed by atoms with van der Waals surface area (Å²) in [7, 11) is 0. The van der Waals surface area contributed by atoms with Crippen LogP contribution < -0.4 is 9.64 Å². The van der Waals surface area contributed by atoms with Crippen molar-refractivity contribution in [3.05, 3.63) is 65.9 Å². The fraction of sp³-hybridized carbons (Fsp3) is 0.360. The second-order valence-electron chi connectivity index (χ2n) is 7.79. The lowest BCUT2D eigenvalue weighted by molar-refractivity contribution is -0.136. The average molecular weight is 407 g/mol. The number of nitrogens with zero attached hydrogens (tertiary/aromatic N) is 2. The Kier molecular flexibility index (Phi) is 6.93. The molecule has 0 saturated heterocycles. The van der Waals surface area contributed by atoms with Gasteiger partial charge in [0.15, 0.2) is 0 Å². The fourth-order valence-electron chi connectivity index (χ4n) is 3.56. The number of imide groups is 1. The molecule has 0 bridgehead atoms. The summed E-state index contributed by atoms with van der Waals surface area (Å²) in [4.78, 5) is 29.8. The van der Waals surface area contributed by atoms with Crippen molar-refractivity contribution < 1.29 is 14.3 Å². The maximum absolute atomic E-state index is 13.3. The normalized spacial score (nSPS) is 14.1. The Morgan fingerprint density at radius 3 is 2.17 bits per heavy atom. The highest BCUT2D eigenvalue weighted by Gasteiger charge is 2.41. The smallest absolute Gasteiger partial charge is 0.278 e. The van der Waals surface area contributed by atoms with Gasteiger partial charge >= 0.3 is 0 Å². The highest BCUT2D eigenvalue weighted by Crippen LogP contribution is 2.34. The second kappa shape index (κ2) is 9.61. The number of carbonyl (C=O) groups excluding carboxylic acids is 2. The van der Waals surface area contributed by atoms with Crippen LogP contribution in [0.4, 0.5) is 5.69 Å². The van der Waals surface area contributed by atoms with Gasteiger partial charge in [0, 0.05) is 18.8 Å². The zero-order valence-corrected chi connectivity index (χ0v) is 18.2. The molecule has 0 atom stereocenters. The van der Waals surface area contributed by atoms with Crippen LogP contribution in [0.15, 0.2) is 60.3 Å². The summed E-state index contributed by atoms with van der Waals surface area (Å²) < 4.78 is 5.77. The van der Waals surface area contributed by atoms with Crippen LogP contribution in [0.5, 0.6) is 5.75 Å². The van der Waals surface area contributed by atoms with Crippen LogP contribution in [0, 0.1) is 5.92 Å². The number of carbonyl (C=O) groups is 2. The maximum atomic E-state index is 13.3. The minimum atomic E-state index is -0.234. The Balaban J connectivity index is 2.05. The number of amides is 2. The first-order chi connectivity index (χ1) is 14.5. The Hall–Kier alpha value is -3.08. The Bertz CT molecular complexity index is 917. The number of ether oxygens (including phenoxy) is 1. The third-order valence-corrected chi connectivity index (χ3v) is 4.97. The summed E-state index contributed by atoms with van der Waals surface area (Å²) in [5.74, 6) is 0.719. The van der Waals surface area contributed by atoms with E-state index in [-0.39, 0.29) is 11.8 Å². The Morgan fingerprint density at radius 2 is 1.60 bits per heavy atom. The molecule has 158 valence electrons. The van der Waals surface area contributed by atoms with E-state index in [1.54, 1.807) is 0 Å². The van der Waals surface area contributed by atoms with Crippen molar-refractivity contribution in [1.82, 2.24) is 4.90 Å². The highest BCUT2D eigenvalue weighted by molar-refractivity contribution is 6.36. The molecule has 0 N–H and O–H groups in total. The lowest BCUT2D eigenvalue weighted by Crippen LogP contribution is -2.35. The van der Waals surface area contributed by atoms with Gasteiger partial charge in [-0.25, -0.2) is 0 Å². The zero-order valence-electron chi connectivity index (χ0n) is 18.2. The van der Waals surface area contributed by atoms with Gasteiger partial charge in [-0.2, -0.15) is 0 Å². The van der Waals surface area contributed by atoms with Crippen LogP contribution >= 0.6 is 0 Å². The quantitative estimate of drug-likeness (QED) is 0.565. The topological polar surface area (TPSA) is 49.9 Å². The molecule has 0 fully saturated rings. The number of hydrogen-bond acceptors (Lipinski definition) is 4. The lowest BCUT2D eigenvalue weighted by Gasteiger charge is -2.24. The molecule has 30 heavy (non-hydrogen) atoms. The number of benzene rings is 2. The van der Waals surface area contributed by atoms with E-state index >= 15 is 0 Å². The van der Waals surface area contributed by atoms with Crippen molar-refractivity contribution in [3.8, 4) is 5.75 Å². The summed E-state index contributed by atoms with van der Waals surface area (Å²) in [6, 6.07) is 17.2. The van der Waals surface area contributed by atoms with Gasteiger partial charge in [-0.1, -0.05) is 51.1 Å². The van der Waals surface area contributed by atoms with Crippen molar-refractivity contribution in [1.29, 1.82) is 0 Å². The van der Waals surface area contributed by atoms with Crippen molar-refractivity contribution in [3.63, 3.8) is 0 Å². The molecular weight excluding hydrogens is 376 g/mol. The van der Waals surface area contributed by atoms with Crippen LogP contribution in [0.2, 0.25) is 0 Å². The molecule has 1 aliphatic heterocycles. The molecule has 5 heteroatoms. The monoisotopic (exact) mass is 406 g/mol. The number of likely N-dealkylation sites (N-methyl/N-ethyl adjacent to an activating group) is 1. The van der Waals surface area contributed by atoms with E-state index in [1.165, 1.54) is 4.90 Å². The van der Waals surface area contributed by atoms with Gasteiger partial charge in [0.2, 0.25) is 0 Å². The van der Waals surface area contributed by atoms with Crippen molar-refractivity contribution in [2.45, 2.75) is 34.1 Å². The van der Waals surface area contributed by atoms with Crippen LogP contribution in [-0.2, 0) is 9.59 Å². The lowest BCUT2D eigenvalue weighted by atomic mass is 10.0. The predicted octanol–water partition coefficient (Wildman–Crippen LogP) is 4.74. The fourth-order valence-corrected chi connectivity index (χ4v) is 3.56. The Morgan fingerprint density at radius 1 is 0.933 bits per heavy atom. The summed E-state index contributed by atoms with van der Waals surface area (Å²) >= 11 is 0. The summed E-state index contributed by atoms with van der Waals surface area (Å²) in [5.41, 5.74) is 2.52. The van der Waals surface area contributed by atoms with E-state index in [0.29, 0.717) is 36.9 Å². The van der Waals surface area contributed by atoms with Crippen molar-refractivity contribution >= 4 is 23.1 Å². The molecule has 2 aromatic rings. The summed E-state index contributed by atoms with van der Waals surface area (Å²) in [6.45, 7) is 9.77. The number of hydrogen-bond donors (Lipinski definition) is 0. The summed E-state index contributed by atoms with van der Waals surface area (Å²) in [5, 5.41) is 0. The van der Waals surface area contributed by atoms with Gasteiger partial charge in [-0.05, 0) is 49.1 Å². The van der Waals surface area contributed by atoms with Gasteiger partial charge in [0.25, 0.3) is 11.8 Å². The molecule has 5 nitrogen and oxygen atoms in total. The average Bonchev–Trinajstić information content (AvgIpc) is 2.99. The minimum absolute atomic E-state index is 0.234. The standard InChI is InChI=1S/C25H30N2O3/c1-5-16-27-24(28)22(19-12-14-21(15-13-19)30-17-18(3)4)23(25(27)29)26(6-2)20-10-8-7-9-11-20/h7-15,18H,5-6,16-17H2,1-4H3. The molecule has 3 rings (SSSR count). The van der Waals surface area contributed by atoms with Gasteiger partial charge in [-0.3, -0.25) is 14.5 Å². The molecule has 0 aliphatic carbocycles. The summed E-state index contributed by atoms with van der Waals surface area (Å²) in [6.07, 6.45) is 0.720. The molecule has 2 amide bonds. The van der Waals surface area contributed by atoms with E-state index < -0.39 is 0 Å². The molecule has 0 radical (unpaired) electrons. The highest BCUT2D eigenvalue weighted by atomic mass is 16.5. The van der Waals surface area contributed by atoms with Crippen molar-refractivity contribution in [2.75, 3.05) is 24.6 Å². The first kappa shape index (κ1) is 21.6. The van der Waals surface area contributed by atoms with E-state index in [2.05, 4.69) is 13.8 Å². The van der Waals surface area contributed by atoms with E-state index in [1.807, 2.05) is 73.3 Å².